The second-order valence-corrected chi connectivity index (χ2v) is 9.07. The number of halogens is 1. The number of nitrogen functional groups attached to an aromatic ring is 1. The fourth-order valence-electron chi connectivity index (χ4n) is 4.16. The fraction of sp³-hybridized carbons (Fsp3) is 0.200. The van der Waals surface area contributed by atoms with Crippen LogP contribution in [0.2, 0.25) is 5.02 Å². The third-order valence-corrected chi connectivity index (χ3v) is 6.42. The lowest BCUT2D eigenvalue weighted by Gasteiger charge is -2.21. The third kappa shape index (κ3) is 3.85. The summed E-state index contributed by atoms with van der Waals surface area (Å²) in [4.78, 5) is 31.5. The summed E-state index contributed by atoms with van der Waals surface area (Å²) in [5.41, 5.74) is 7.49. The smallest absolute Gasteiger partial charge is 0.267 e. The normalized spacial score (nSPS) is 14.2. The Morgan fingerprint density at radius 3 is 2.69 bits per heavy atom. The van der Waals surface area contributed by atoms with E-state index in [2.05, 4.69) is 25.4 Å². The Kier molecular flexibility index (Phi) is 5.37. The van der Waals surface area contributed by atoms with Crippen molar-refractivity contribution in [2.24, 2.45) is 0 Å². The van der Waals surface area contributed by atoms with Gasteiger partial charge < -0.3 is 15.6 Å². The van der Waals surface area contributed by atoms with Crippen molar-refractivity contribution >= 4 is 34.1 Å². The number of nitrogens with two attached hydrogens (primary N) is 1. The van der Waals surface area contributed by atoms with Crippen molar-refractivity contribution in [2.75, 3.05) is 11.1 Å². The first kappa shape index (κ1) is 22.2. The van der Waals surface area contributed by atoms with Crippen molar-refractivity contribution in [2.45, 2.75) is 31.7 Å². The summed E-state index contributed by atoms with van der Waals surface area (Å²) in [6.45, 7) is 1.88. The van der Waals surface area contributed by atoms with Crippen molar-refractivity contribution in [3.8, 4) is 17.1 Å². The number of rotatable bonds is 6. The third-order valence-electron chi connectivity index (χ3n) is 6.10. The molecule has 10 nitrogen and oxygen atoms in total. The number of para-hydroxylation sites is 1. The molecule has 0 amide bonds. The van der Waals surface area contributed by atoms with Crippen LogP contribution in [-0.2, 0) is 0 Å². The van der Waals surface area contributed by atoms with Crippen LogP contribution in [0.25, 0.3) is 28.0 Å². The molecule has 6 rings (SSSR count). The molecule has 36 heavy (non-hydrogen) atoms. The van der Waals surface area contributed by atoms with Crippen LogP contribution in [0.4, 0.5) is 11.6 Å². The molecule has 1 aliphatic carbocycles. The van der Waals surface area contributed by atoms with Gasteiger partial charge in [0.2, 0.25) is 0 Å². The number of hydrogen-bond donors (Lipinski definition) is 2. The van der Waals surface area contributed by atoms with Crippen LogP contribution in [0.1, 0.15) is 43.4 Å². The van der Waals surface area contributed by atoms with Gasteiger partial charge in [0.05, 0.1) is 27.7 Å². The highest BCUT2D eigenvalue weighted by Gasteiger charge is 2.30. The Bertz CT molecular complexity index is 1650. The molecule has 1 atom stereocenters. The van der Waals surface area contributed by atoms with Gasteiger partial charge >= 0.3 is 0 Å². The molecular weight excluding hydrogens is 480 g/mol. The number of hydrogen-bond acceptors (Lipinski definition) is 9. The molecule has 1 fully saturated rings. The zero-order valence-corrected chi connectivity index (χ0v) is 20.0. The number of fused-ring (bicyclic) bond motifs is 1. The van der Waals surface area contributed by atoms with E-state index in [1.165, 1.54) is 6.33 Å². The Balaban J connectivity index is 1.47. The van der Waals surface area contributed by atoms with Crippen LogP contribution in [0.3, 0.4) is 0 Å². The molecule has 3 aromatic heterocycles. The average molecular weight is 501 g/mol. The lowest BCUT2D eigenvalue weighted by atomic mass is 10.2. The zero-order chi connectivity index (χ0) is 24.8. The van der Waals surface area contributed by atoms with Gasteiger partial charge in [0.1, 0.15) is 29.4 Å². The topological polar surface area (TPSA) is 138 Å². The van der Waals surface area contributed by atoms with Gasteiger partial charge in [0.15, 0.2) is 5.82 Å². The van der Waals surface area contributed by atoms with E-state index < -0.39 is 6.04 Å². The Morgan fingerprint density at radius 1 is 1.11 bits per heavy atom. The summed E-state index contributed by atoms with van der Waals surface area (Å²) in [6.07, 6.45) is 3.43. The average Bonchev–Trinajstić information content (AvgIpc) is 3.62. The minimum atomic E-state index is -0.486. The van der Waals surface area contributed by atoms with E-state index in [1.54, 1.807) is 22.8 Å². The molecule has 3 heterocycles. The minimum absolute atomic E-state index is 0.199. The summed E-state index contributed by atoms with van der Waals surface area (Å²) in [7, 11) is 0. The molecule has 11 heteroatoms. The van der Waals surface area contributed by atoms with E-state index in [9.17, 15) is 4.79 Å². The SMILES string of the molecule is C[C@H](Nc1ncnc(N)c1-c1nc(C2CC2)no1)c1nc2cccc(Cl)c2c(=O)n1-c1ccccc1. The maximum atomic E-state index is 13.7. The van der Waals surface area contributed by atoms with Crippen molar-refractivity contribution in [1.29, 1.82) is 0 Å². The maximum Gasteiger partial charge on any atom is 0.267 e. The quantitative estimate of drug-likeness (QED) is 0.344. The molecular formula is C25H21ClN8O2. The van der Waals surface area contributed by atoms with Crippen LogP contribution in [0.15, 0.2) is 64.2 Å². The standard InChI is InChI=1S/C25H21ClN8O2/c1-13(30-22-19(20(27)28-12-29-22)24-32-21(33-36-24)14-10-11-14)23-31-17-9-5-8-16(26)18(17)25(35)34(23)15-6-3-2-4-7-15/h2-9,12-14H,10-11H2,1H3,(H3,27,28,29,30)/t13-/m0/s1. The van der Waals surface area contributed by atoms with Crippen LogP contribution in [0.5, 0.6) is 0 Å². The lowest BCUT2D eigenvalue weighted by molar-refractivity contribution is 0.422. The summed E-state index contributed by atoms with van der Waals surface area (Å²) < 4.78 is 7.05. The zero-order valence-electron chi connectivity index (χ0n) is 19.2. The minimum Gasteiger partial charge on any atom is -0.383 e. The van der Waals surface area contributed by atoms with Gasteiger partial charge in [-0.1, -0.05) is 41.0 Å². The van der Waals surface area contributed by atoms with Crippen LogP contribution < -0.4 is 16.6 Å². The molecule has 2 aromatic carbocycles. The van der Waals surface area contributed by atoms with Crippen LogP contribution >= 0.6 is 11.6 Å². The van der Waals surface area contributed by atoms with Crippen molar-refractivity contribution < 1.29 is 4.52 Å². The Hall–Kier alpha value is -4.31. The van der Waals surface area contributed by atoms with E-state index in [1.807, 2.05) is 37.3 Å². The molecule has 0 unspecified atom stereocenters. The van der Waals surface area contributed by atoms with Gasteiger partial charge in [-0.25, -0.2) is 15.0 Å². The van der Waals surface area contributed by atoms with Crippen LogP contribution in [-0.4, -0.2) is 29.7 Å². The first-order chi connectivity index (χ1) is 17.5. The largest absolute Gasteiger partial charge is 0.383 e. The second kappa shape index (κ2) is 8.72. The predicted octanol–water partition coefficient (Wildman–Crippen LogP) is 4.51. The van der Waals surface area contributed by atoms with Gasteiger partial charge in [0.25, 0.3) is 11.4 Å². The molecule has 0 spiro atoms. The first-order valence-corrected chi connectivity index (χ1v) is 11.9. The van der Waals surface area contributed by atoms with Gasteiger partial charge in [-0.05, 0) is 44.0 Å². The highest BCUT2D eigenvalue weighted by Crippen LogP contribution is 2.40. The molecule has 1 saturated carbocycles. The van der Waals surface area contributed by atoms with Crippen molar-refractivity contribution in [1.82, 2.24) is 29.7 Å². The van der Waals surface area contributed by atoms with Gasteiger partial charge in [-0.15, -0.1) is 0 Å². The summed E-state index contributed by atoms with van der Waals surface area (Å²) in [5.74, 6) is 2.26. The molecule has 180 valence electrons. The van der Waals surface area contributed by atoms with Gasteiger partial charge in [-0.3, -0.25) is 9.36 Å². The highest BCUT2D eigenvalue weighted by atomic mass is 35.5. The van der Waals surface area contributed by atoms with Crippen molar-refractivity contribution in [3.05, 3.63) is 81.9 Å². The molecule has 0 bridgehead atoms. The number of nitrogens with one attached hydrogen (secondary N) is 1. The summed E-state index contributed by atoms with van der Waals surface area (Å²) in [5, 5.41) is 8.10. The van der Waals surface area contributed by atoms with E-state index in [4.69, 9.17) is 26.8 Å². The van der Waals surface area contributed by atoms with E-state index >= 15 is 0 Å². The number of aromatic nitrogens is 6. The molecule has 1 aliphatic rings. The highest BCUT2D eigenvalue weighted by molar-refractivity contribution is 6.35. The number of nitrogens with zero attached hydrogens (tertiary/aromatic N) is 6. The molecule has 0 aliphatic heterocycles. The van der Waals surface area contributed by atoms with E-state index in [-0.39, 0.29) is 17.3 Å². The van der Waals surface area contributed by atoms with Gasteiger partial charge in [0, 0.05) is 5.92 Å². The predicted molar refractivity (Wildman–Crippen MR) is 136 cm³/mol. The molecule has 0 saturated heterocycles. The van der Waals surface area contributed by atoms with E-state index in [0.29, 0.717) is 50.6 Å². The molecule has 3 N–H and O–H groups in total. The van der Waals surface area contributed by atoms with E-state index in [0.717, 1.165) is 12.8 Å². The Morgan fingerprint density at radius 2 is 1.92 bits per heavy atom. The Labute approximate surface area is 210 Å². The number of benzene rings is 2. The number of anilines is 2. The fourth-order valence-corrected chi connectivity index (χ4v) is 4.41. The first-order valence-electron chi connectivity index (χ1n) is 11.5. The maximum absolute atomic E-state index is 13.7. The van der Waals surface area contributed by atoms with Crippen LogP contribution in [0, 0.1) is 0 Å². The van der Waals surface area contributed by atoms with Gasteiger partial charge in [-0.2, -0.15) is 4.98 Å². The monoisotopic (exact) mass is 500 g/mol. The summed E-state index contributed by atoms with van der Waals surface area (Å²) >= 11 is 6.39. The lowest BCUT2D eigenvalue weighted by Crippen LogP contribution is -2.27. The summed E-state index contributed by atoms with van der Waals surface area (Å²) in [6, 6.07) is 14.0. The molecule has 5 aromatic rings. The second-order valence-electron chi connectivity index (χ2n) is 8.66. The van der Waals surface area contributed by atoms with Crippen molar-refractivity contribution in [3.63, 3.8) is 0 Å². The molecule has 0 radical (unpaired) electrons.